The van der Waals surface area contributed by atoms with Gasteiger partial charge in [-0.3, -0.25) is 4.79 Å². The van der Waals surface area contributed by atoms with E-state index in [0.29, 0.717) is 12.4 Å². The molecule has 2 unspecified atom stereocenters. The molecule has 1 aromatic rings. The number of unbranched alkanes of at least 4 members (excludes halogenated alkanes) is 7. The van der Waals surface area contributed by atoms with Crippen molar-refractivity contribution < 1.29 is 27.8 Å². The Hall–Kier alpha value is -2.21. The first-order valence-corrected chi connectivity index (χ1v) is 13.5. The molecular formula is C30H44F2O4. The second kappa shape index (κ2) is 15.1. The standard InChI is InChI=1S/C30H44F2O4/c1-5-7-8-9-10-11-12-13-22-34-24-14-16-25(17-15-24)36-28(33)29(3)18-20-30(4,21-19-29)35-23-27(32)26(31)6-2/h14-21,26-27H,5-13,22-23H2,1-4H3. The van der Waals surface area contributed by atoms with E-state index < -0.39 is 29.3 Å². The normalized spacial score (nSPS) is 22.8. The lowest BCUT2D eigenvalue weighted by Gasteiger charge is -2.31. The Labute approximate surface area is 216 Å². The molecule has 0 radical (unpaired) electrons. The minimum absolute atomic E-state index is 0.100. The first-order chi connectivity index (χ1) is 17.2. The van der Waals surface area contributed by atoms with Crippen molar-refractivity contribution in [2.24, 2.45) is 5.41 Å². The van der Waals surface area contributed by atoms with Gasteiger partial charge < -0.3 is 14.2 Å². The summed E-state index contributed by atoms with van der Waals surface area (Å²) in [6, 6.07) is 7.04. The molecule has 0 saturated carbocycles. The van der Waals surface area contributed by atoms with Crippen LogP contribution in [0.4, 0.5) is 8.78 Å². The largest absolute Gasteiger partial charge is 0.494 e. The monoisotopic (exact) mass is 506 g/mol. The van der Waals surface area contributed by atoms with E-state index in [-0.39, 0.29) is 13.0 Å². The van der Waals surface area contributed by atoms with Crippen LogP contribution in [0, 0.1) is 5.41 Å². The Morgan fingerprint density at radius 3 is 1.94 bits per heavy atom. The smallest absolute Gasteiger partial charge is 0.324 e. The van der Waals surface area contributed by atoms with Gasteiger partial charge in [0, 0.05) is 0 Å². The van der Waals surface area contributed by atoms with Gasteiger partial charge in [0.1, 0.15) is 28.7 Å². The maximum Gasteiger partial charge on any atom is 0.324 e. The Balaban J connectivity index is 1.74. The Bertz CT molecular complexity index is 820. The first-order valence-electron chi connectivity index (χ1n) is 13.5. The molecular weight excluding hydrogens is 462 g/mol. The van der Waals surface area contributed by atoms with Crippen molar-refractivity contribution in [3.63, 3.8) is 0 Å². The summed E-state index contributed by atoms with van der Waals surface area (Å²) in [6.07, 6.45) is 13.6. The van der Waals surface area contributed by atoms with Gasteiger partial charge in [-0.25, -0.2) is 8.78 Å². The number of rotatable bonds is 17. The van der Waals surface area contributed by atoms with Crippen molar-refractivity contribution in [3.05, 3.63) is 48.6 Å². The minimum Gasteiger partial charge on any atom is -0.494 e. The highest BCUT2D eigenvalue weighted by molar-refractivity contribution is 5.83. The maximum absolute atomic E-state index is 13.8. The van der Waals surface area contributed by atoms with Crippen molar-refractivity contribution in [1.29, 1.82) is 0 Å². The van der Waals surface area contributed by atoms with Crippen LogP contribution in [0.15, 0.2) is 48.6 Å². The highest BCUT2D eigenvalue weighted by Crippen LogP contribution is 2.33. The van der Waals surface area contributed by atoms with E-state index in [1.807, 2.05) is 0 Å². The van der Waals surface area contributed by atoms with Crippen molar-refractivity contribution in [1.82, 2.24) is 0 Å². The van der Waals surface area contributed by atoms with E-state index in [9.17, 15) is 13.6 Å². The second-order valence-electron chi connectivity index (χ2n) is 10.1. The molecule has 0 aromatic heterocycles. The zero-order valence-corrected chi connectivity index (χ0v) is 22.4. The van der Waals surface area contributed by atoms with Crippen LogP contribution in [0.1, 0.15) is 85.5 Å². The van der Waals surface area contributed by atoms with Crippen LogP contribution in [-0.4, -0.2) is 37.1 Å². The highest BCUT2D eigenvalue weighted by atomic mass is 19.2. The lowest BCUT2D eigenvalue weighted by atomic mass is 9.82. The molecule has 1 aromatic carbocycles. The van der Waals surface area contributed by atoms with Crippen LogP contribution in [0.5, 0.6) is 11.5 Å². The molecule has 0 saturated heterocycles. The van der Waals surface area contributed by atoms with Crippen LogP contribution in [-0.2, 0) is 9.53 Å². The molecule has 0 N–H and O–H groups in total. The van der Waals surface area contributed by atoms with Crippen LogP contribution >= 0.6 is 0 Å². The third-order valence-corrected chi connectivity index (χ3v) is 6.60. The van der Waals surface area contributed by atoms with E-state index in [4.69, 9.17) is 14.2 Å². The summed E-state index contributed by atoms with van der Waals surface area (Å²) in [5, 5.41) is 0. The van der Waals surface area contributed by atoms with Crippen molar-refractivity contribution >= 4 is 5.97 Å². The third-order valence-electron chi connectivity index (χ3n) is 6.60. The summed E-state index contributed by atoms with van der Waals surface area (Å²) in [4.78, 5) is 12.8. The van der Waals surface area contributed by atoms with E-state index in [1.54, 1.807) is 69.3 Å². The number of esters is 1. The van der Waals surface area contributed by atoms with Gasteiger partial charge in [0.15, 0.2) is 6.17 Å². The number of ether oxygens (including phenoxy) is 3. The molecule has 1 aliphatic rings. The second-order valence-corrected chi connectivity index (χ2v) is 10.1. The number of hydrogen-bond donors (Lipinski definition) is 0. The number of benzene rings is 1. The molecule has 0 heterocycles. The number of carbonyl (C=O) groups is 1. The van der Waals surface area contributed by atoms with Crippen molar-refractivity contribution in [2.75, 3.05) is 13.2 Å². The van der Waals surface area contributed by atoms with Gasteiger partial charge in [-0.15, -0.1) is 0 Å². The van der Waals surface area contributed by atoms with Crippen LogP contribution in [0.25, 0.3) is 0 Å². The molecule has 0 bridgehead atoms. The predicted octanol–water partition coefficient (Wildman–Crippen LogP) is 8.11. The number of alkyl halides is 2. The molecule has 2 rings (SSSR count). The van der Waals surface area contributed by atoms with Gasteiger partial charge in [-0.1, -0.05) is 83.1 Å². The average molecular weight is 507 g/mol. The molecule has 0 amide bonds. The SMILES string of the molecule is CCCCCCCCCCOc1ccc(OC(=O)C2(C)C=CC(C)(OCC(F)C(F)CC)C=C2)cc1. The van der Waals surface area contributed by atoms with Gasteiger partial charge in [0.05, 0.1) is 13.2 Å². The van der Waals surface area contributed by atoms with E-state index in [1.165, 1.54) is 44.9 Å². The Morgan fingerprint density at radius 1 is 0.806 bits per heavy atom. The van der Waals surface area contributed by atoms with Crippen LogP contribution in [0.2, 0.25) is 0 Å². The Kier molecular flexibility index (Phi) is 12.6. The molecule has 202 valence electrons. The first kappa shape index (κ1) is 30.0. The number of halogens is 2. The van der Waals surface area contributed by atoms with Gasteiger partial charge in [0.2, 0.25) is 0 Å². The predicted molar refractivity (Wildman–Crippen MR) is 141 cm³/mol. The molecule has 0 aliphatic heterocycles. The van der Waals surface area contributed by atoms with E-state index in [0.717, 1.165) is 12.2 Å². The fourth-order valence-electron chi connectivity index (χ4n) is 3.89. The van der Waals surface area contributed by atoms with Crippen molar-refractivity contribution in [3.8, 4) is 11.5 Å². The molecule has 4 nitrogen and oxygen atoms in total. The molecule has 0 fully saturated rings. The summed E-state index contributed by atoms with van der Waals surface area (Å²) >= 11 is 0. The molecule has 36 heavy (non-hydrogen) atoms. The summed E-state index contributed by atoms with van der Waals surface area (Å²) in [7, 11) is 0. The number of hydrogen-bond acceptors (Lipinski definition) is 4. The molecule has 0 spiro atoms. The van der Waals surface area contributed by atoms with Gasteiger partial charge in [0.25, 0.3) is 0 Å². The number of carbonyl (C=O) groups excluding carboxylic acids is 1. The third kappa shape index (κ3) is 10.0. The fraction of sp³-hybridized carbons (Fsp3) is 0.633. The summed E-state index contributed by atoms with van der Waals surface area (Å²) in [5.74, 6) is 0.739. The van der Waals surface area contributed by atoms with Gasteiger partial charge >= 0.3 is 5.97 Å². The van der Waals surface area contributed by atoms with Crippen LogP contribution in [0.3, 0.4) is 0 Å². The van der Waals surface area contributed by atoms with Crippen LogP contribution < -0.4 is 9.47 Å². The van der Waals surface area contributed by atoms with Gasteiger partial charge in [-0.2, -0.15) is 0 Å². The quantitative estimate of drug-likeness (QED) is 0.0926. The Morgan fingerprint density at radius 2 is 1.36 bits per heavy atom. The topological polar surface area (TPSA) is 44.8 Å². The average Bonchev–Trinajstić information content (AvgIpc) is 2.88. The maximum atomic E-state index is 13.8. The van der Waals surface area contributed by atoms with E-state index >= 15 is 0 Å². The summed E-state index contributed by atoms with van der Waals surface area (Å²) in [5.41, 5.74) is -1.90. The van der Waals surface area contributed by atoms with E-state index in [2.05, 4.69) is 6.92 Å². The lowest BCUT2D eigenvalue weighted by Crippen LogP contribution is -2.36. The fourth-order valence-corrected chi connectivity index (χ4v) is 3.89. The summed E-state index contributed by atoms with van der Waals surface area (Å²) in [6.45, 7) is 7.62. The highest BCUT2D eigenvalue weighted by Gasteiger charge is 2.36. The zero-order valence-electron chi connectivity index (χ0n) is 22.4. The molecule has 1 aliphatic carbocycles. The minimum atomic E-state index is -1.68. The zero-order chi connectivity index (χ0) is 26.4. The van der Waals surface area contributed by atoms with Crippen molar-refractivity contribution in [2.45, 2.75) is 103 Å². The molecule has 2 atom stereocenters. The summed E-state index contributed by atoms with van der Waals surface area (Å²) < 4.78 is 44.2. The lowest BCUT2D eigenvalue weighted by molar-refractivity contribution is -0.140. The molecule has 6 heteroatoms. The van der Waals surface area contributed by atoms with Gasteiger partial charge in [-0.05, 0) is 51.0 Å².